The minimum absolute atomic E-state index is 0.00130. The Hall–Kier alpha value is -5.30. The van der Waals surface area contributed by atoms with E-state index in [9.17, 15) is 22.8 Å². The third-order valence-electron chi connectivity index (χ3n) is 5.60. The van der Waals surface area contributed by atoms with Crippen molar-refractivity contribution in [3.8, 4) is 28.7 Å². The van der Waals surface area contributed by atoms with E-state index in [-0.39, 0.29) is 33.9 Å². The average Bonchev–Trinajstić information content (AvgIpc) is 3.42. The van der Waals surface area contributed by atoms with Gasteiger partial charge in [0.15, 0.2) is 11.5 Å². The lowest BCUT2D eigenvalue weighted by molar-refractivity contribution is -0.141. The molecule has 14 heteroatoms. The molecule has 0 atom stereocenters. The Morgan fingerprint density at radius 2 is 1.68 bits per heavy atom. The van der Waals surface area contributed by atoms with E-state index in [0.717, 1.165) is 10.9 Å². The molecule has 0 aliphatic carbocycles. The number of carboxylic acids is 1. The lowest BCUT2D eigenvalue weighted by Gasteiger charge is -2.09. The number of ether oxygens (including phenoxy) is 1. The van der Waals surface area contributed by atoms with Gasteiger partial charge >= 0.3 is 18.2 Å². The van der Waals surface area contributed by atoms with E-state index in [1.165, 1.54) is 55.0 Å². The summed E-state index contributed by atoms with van der Waals surface area (Å²) in [7, 11) is 0. The zero-order chi connectivity index (χ0) is 29.1. The predicted molar refractivity (Wildman–Crippen MR) is 140 cm³/mol. The summed E-state index contributed by atoms with van der Waals surface area (Å²) in [5.74, 6) is -1.83. The van der Waals surface area contributed by atoms with E-state index in [0.29, 0.717) is 11.1 Å². The van der Waals surface area contributed by atoms with Gasteiger partial charge in [-0.05, 0) is 48.0 Å². The second-order valence-corrected chi connectivity index (χ2v) is 8.77. The van der Waals surface area contributed by atoms with Gasteiger partial charge in [0.05, 0.1) is 16.1 Å². The molecular formula is C27H16ClF3N6O4. The molecule has 0 aliphatic heterocycles. The van der Waals surface area contributed by atoms with Crippen molar-refractivity contribution in [2.75, 3.05) is 5.32 Å². The highest BCUT2D eigenvalue weighted by molar-refractivity contribution is 6.32. The van der Waals surface area contributed by atoms with Crippen LogP contribution in [0.25, 0.3) is 16.9 Å². The molecule has 0 fully saturated rings. The van der Waals surface area contributed by atoms with Crippen LogP contribution in [0, 0.1) is 0 Å². The third-order valence-corrected chi connectivity index (χ3v) is 5.89. The normalized spacial score (nSPS) is 11.2. The first-order valence-electron chi connectivity index (χ1n) is 11.6. The van der Waals surface area contributed by atoms with Crippen molar-refractivity contribution in [2.45, 2.75) is 6.18 Å². The van der Waals surface area contributed by atoms with Crippen molar-refractivity contribution in [3.63, 3.8) is 0 Å². The van der Waals surface area contributed by atoms with E-state index in [2.05, 4.69) is 25.4 Å². The molecule has 206 valence electrons. The van der Waals surface area contributed by atoms with Gasteiger partial charge in [-0.2, -0.15) is 18.3 Å². The number of carboxylic acid groups (broad SMARTS) is 1. The number of benzene rings is 2. The number of carbonyl (C=O) groups is 2. The fraction of sp³-hybridized carbons (Fsp3) is 0.0370. The molecule has 0 saturated heterocycles. The molecule has 0 unspecified atom stereocenters. The highest BCUT2D eigenvalue weighted by Crippen LogP contribution is 2.32. The molecule has 0 bridgehead atoms. The number of pyridine rings is 1. The van der Waals surface area contributed by atoms with Crippen LogP contribution < -0.4 is 10.1 Å². The number of halogens is 4. The minimum Gasteiger partial charge on any atom is -0.478 e. The number of hydrogen-bond donors (Lipinski definition) is 2. The van der Waals surface area contributed by atoms with E-state index in [1.807, 2.05) is 0 Å². The molecule has 0 radical (unpaired) electrons. The number of hydrogen-bond acceptors (Lipinski definition) is 7. The molecule has 3 aromatic heterocycles. The summed E-state index contributed by atoms with van der Waals surface area (Å²) < 4.78 is 47.2. The van der Waals surface area contributed by atoms with E-state index in [4.69, 9.17) is 21.4 Å². The Morgan fingerprint density at radius 3 is 2.29 bits per heavy atom. The van der Waals surface area contributed by atoms with Gasteiger partial charge in [0.2, 0.25) is 0 Å². The van der Waals surface area contributed by atoms with Crippen molar-refractivity contribution in [2.24, 2.45) is 0 Å². The lowest BCUT2D eigenvalue weighted by Crippen LogP contribution is -2.17. The molecule has 3 heterocycles. The van der Waals surface area contributed by atoms with Crippen LogP contribution in [0.5, 0.6) is 11.8 Å². The SMILES string of the molecule is O=C(O)c1ccc(Oc2ncc(-c3ccc(NC(=O)c4cn(-c5ccccn5)nc4C(F)(F)F)cc3)cn2)c(Cl)c1. The fourth-order valence-electron chi connectivity index (χ4n) is 3.63. The van der Waals surface area contributed by atoms with Crippen LogP contribution in [-0.2, 0) is 6.18 Å². The minimum atomic E-state index is -4.86. The predicted octanol–water partition coefficient (Wildman–Crippen LogP) is 6.14. The topological polar surface area (TPSA) is 132 Å². The van der Waals surface area contributed by atoms with E-state index < -0.39 is 29.3 Å². The first-order chi connectivity index (χ1) is 19.6. The number of nitrogens with one attached hydrogen (secondary N) is 1. The van der Waals surface area contributed by atoms with Gasteiger partial charge < -0.3 is 15.2 Å². The Bertz CT molecular complexity index is 1730. The van der Waals surface area contributed by atoms with Crippen molar-refractivity contribution >= 4 is 29.2 Å². The summed E-state index contributed by atoms with van der Waals surface area (Å²) in [6.45, 7) is 0. The van der Waals surface area contributed by atoms with Crippen molar-refractivity contribution in [1.82, 2.24) is 24.7 Å². The van der Waals surface area contributed by atoms with Gasteiger partial charge in [-0.25, -0.2) is 24.4 Å². The van der Waals surface area contributed by atoms with Crippen molar-refractivity contribution in [1.29, 1.82) is 0 Å². The van der Waals surface area contributed by atoms with Crippen molar-refractivity contribution in [3.05, 3.63) is 107 Å². The molecule has 10 nitrogen and oxygen atoms in total. The van der Waals surface area contributed by atoms with Gasteiger partial charge in [-0.1, -0.05) is 29.8 Å². The van der Waals surface area contributed by atoms with Gasteiger partial charge in [-0.3, -0.25) is 4.79 Å². The number of anilines is 1. The smallest absolute Gasteiger partial charge is 0.435 e. The third kappa shape index (κ3) is 6.15. The number of carbonyl (C=O) groups excluding carboxylic acids is 1. The Balaban J connectivity index is 1.29. The molecule has 0 spiro atoms. The molecule has 2 N–H and O–H groups in total. The summed E-state index contributed by atoms with van der Waals surface area (Å²) >= 11 is 6.06. The number of nitrogens with zero attached hydrogens (tertiary/aromatic N) is 5. The van der Waals surface area contributed by atoms with Crippen LogP contribution >= 0.6 is 11.6 Å². The maximum atomic E-state index is 13.6. The zero-order valence-corrected chi connectivity index (χ0v) is 21.3. The summed E-state index contributed by atoms with van der Waals surface area (Å²) in [5.41, 5.74) is -0.517. The summed E-state index contributed by atoms with van der Waals surface area (Å²) in [6.07, 6.45) is 0.450. The van der Waals surface area contributed by atoms with Crippen LogP contribution in [0.15, 0.2) is 85.5 Å². The fourth-order valence-corrected chi connectivity index (χ4v) is 3.85. The molecule has 0 saturated carbocycles. The highest BCUT2D eigenvalue weighted by Gasteiger charge is 2.39. The molecule has 2 aromatic carbocycles. The average molecular weight is 581 g/mol. The van der Waals surface area contributed by atoms with Crippen LogP contribution in [0.1, 0.15) is 26.4 Å². The van der Waals surface area contributed by atoms with Crippen LogP contribution in [0.4, 0.5) is 18.9 Å². The highest BCUT2D eigenvalue weighted by atomic mass is 35.5. The van der Waals surface area contributed by atoms with E-state index in [1.54, 1.807) is 24.3 Å². The number of aromatic nitrogens is 5. The van der Waals surface area contributed by atoms with Crippen LogP contribution in [-0.4, -0.2) is 41.7 Å². The molecule has 1 amide bonds. The van der Waals surface area contributed by atoms with Gasteiger partial charge in [-0.15, -0.1) is 0 Å². The number of aromatic carboxylic acids is 1. The molecule has 41 heavy (non-hydrogen) atoms. The standard InChI is InChI=1S/C27H16ClF3N6O4/c28-20-11-16(25(39)40)6-9-21(20)41-26-33-12-17(13-34-26)15-4-7-18(8-5-15)35-24(38)19-14-37(22-3-1-2-10-32-22)36-23(19)27(29,30)31/h1-14H,(H,35,38)(H,39,40). The zero-order valence-electron chi connectivity index (χ0n) is 20.5. The molecule has 5 aromatic rings. The lowest BCUT2D eigenvalue weighted by atomic mass is 10.1. The van der Waals surface area contributed by atoms with Gasteiger partial charge in [0.1, 0.15) is 5.75 Å². The quantitative estimate of drug-likeness (QED) is 0.235. The molecular weight excluding hydrogens is 565 g/mol. The monoisotopic (exact) mass is 580 g/mol. The second-order valence-electron chi connectivity index (χ2n) is 8.36. The van der Waals surface area contributed by atoms with Crippen LogP contribution in [0.2, 0.25) is 5.02 Å². The Kier molecular flexibility index (Phi) is 7.36. The maximum absolute atomic E-state index is 13.6. The Labute approximate surface area is 234 Å². The van der Waals surface area contributed by atoms with Crippen molar-refractivity contribution < 1.29 is 32.6 Å². The first kappa shape index (κ1) is 27.3. The summed E-state index contributed by atoms with van der Waals surface area (Å²) in [4.78, 5) is 36.0. The van der Waals surface area contributed by atoms with Crippen LogP contribution in [0.3, 0.4) is 0 Å². The molecule has 0 aliphatic rings. The van der Waals surface area contributed by atoms with Gasteiger partial charge in [0, 0.05) is 36.0 Å². The Morgan fingerprint density at radius 1 is 0.951 bits per heavy atom. The summed E-state index contributed by atoms with van der Waals surface area (Å²) in [5, 5.41) is 15.1. The number of amides is 1. The molecule has 5 rings (SSSR count). The van der Waals surface area contributed by atoms with Gasteiger partial charge in [0.25, 0.3) is 5.91 Å². The second kappa shape index (κ2) is 11.1. The van der Waals surface area contributed by atoms with E-state index >= 15 is 0 Å². The number of rotatable bonds is 7. The number of alkyl halides is 3. The summed E-state index contributed by atoms with van der Waals surface area (Å²) in [6, 6.07) is 14.8. The maximum Gasteiger partial charge on any atom is 0.435 e. The first-order valence-corrected chi connectivity index (χ1v) is 12.0. The largest absolute Gasteiger partial charge is 0.478 e.